The molecule has 4 aliphatic heterocycles. The minimum atomic E-state index is -1.52. The highest BCUT2D eigenvalue weighted by Crippen LogP contribution is 2.61. The van der Waals surface area contributed by atoms with E-state index >= 15 is 0 Å². The molecule has 8 atom stereocenters. The number of amides is 1. The fourth-order valence-electron chi connectivity index (χ4n) is 12.0. The normalized spacial score (nSPS) is 20.4. The van der Waals surface area contributed by atoms with Gasteiger partial charge in [0.05, 0.1) is 67.4 Å². The molecule has 8 N–H and O–H groups in total. The number of ketones is 1. The van der Waals surface area contributed by atoms with Crippen LogP contribution in [0.1, 0.15) is 205 Å². The molecule has 426 valence electrons. The van der Waals surface area contributed by atoms with Gasteiger partial charge in [0.2, 0.25) is 11.6 Å². The van der Waals surface area contributed by atoms with E-state index in [0.29, 0.717) is 59.1 Å². The Kier molecular flexibility index (Phi) is 18.4. The summed E-state index contributed by atoms with van der Waals surface area (Å²) < 4.78 is 26.3. The van der Waals surface area contributed by atoms with Crippen LogP contribution in [-0.2, 0) is 30.5 Å². The van der Waals surface area contributed by atoms with Crippen molar-refractivity contribution in [2.75, 3.05) is 19.8 Å². The van der Waals surface area contributed by atoms with Gasteiger partial charge in [-0.3, -0.25) is 9.59 Å². The number of hydrogen-bond acceptors (Lipinski definition) is 12. The number of carbonyl (C=O) groups excluding carboxylic acids is 2. The molecule has 0 radical (unpaired) electrons. The Hall–Kier alpha value is -7.70. The topological polar surface area (TPSA) is 244 Å². The van der Waals surface area contributed by atoms with Crippen LogP contribution in [0.25, 0.3) is 0 Å². The maximum absolute atomic E-state index is 14.2. The van der Waals surface area contributed by atoms with Gasteiger partial charge in [-0.15, -0.1) is 0 Å². The molecule has 7 aromatic rings. The van der Waals surface area contributed by atoms with Crippen LogP contribution in [0.15, 0.2) is 164 Å². The largest absolute Gasteiger partial charge is 0.478 e. The first-order valence-corrected chi connectivity index (χ1v) is 28.0. The highest BCUT2D eigenvalue weighted by molar-refractivity contribution is 6.00. The lowest BCUT2D eigenvalue weighted by atomic mass is 9.83. The van der Waals surface area contributed by atoms with Gasteiger partial charge in [0.15, 0.2) is 5.78 Å². The minimum Gasteiger partial charge on any atom is -0.478 e. The number of carboxylic acids is 2. The smallest absolute Gasteiger partial charge is 0.336 e. The number of aliphatic hydroxyl groups is 3. The number of fused-ring (bicyclic) bond motifs is 8. The van der Waals surface area contributed by atoms with Gasteiger partial charge in [-0.2, -0.15) is 0 Å². The van der Waals surface area contributed by atoms with Crippen LogP contribution < -0.4 is 11.1 Å². The Morgan fingerprint density at radius 1 is 0.451 bits per heavy atom. The number of carbonyl (C=O) groups is 4. The molecule has 15 heteroatoms. The molecule has 4 aliphatic rings. The molecule has 2 spiro atoms. The van der Waals surface area contributed by atoms with Gasteiger partial charge in [0.25, 0.3) is 5.91 Å². The van der Waals surface area contributed by atoms with E-state index in [0.717, 1.165) is 38.9 Å². The number of nitrogens with two attached hydrogens (primary N) is 1. The molecular formula is C67H70N2O13. The van der Waals surface area contributed by atoms with Gasteiger partial charge >= 0.3 is 11.9 Å². The molecule has 1 amide bonds. The van der Waals surface area contributed by atoms with Crippen LogP contribution in [-0.4, -0.2) is 69.0 Å². The van der Waals surface area contributed by atoms with Crippen molar-refractivity contribution in [3.63, 3.8) is 0 Å². The van der Waals surface area contributed by atoms with Gasteiger partial charge < -0.3 is 55.5 Å². The zero-order chi connectivity index (χ0) is 58.3. The number of aliphatic hydroxyl groups excluding tert-OH is 3. The Morgan fingerprint density at radius 2 is 0.805 bits per heavy atom. The maximum Gasteiger partial charge on any atom is 0.336 e. The molecule has 0 unspecified atom stereocenters. The first-order chi connectivity index (χ1) is 39.7. The van der Waals surface area contributed by atoms with Crippen LogP contribution in [0, 0.1) is 0 Å². The molecule has 0 aromatic heterocycles. The average Bonchev–Trinajstić information content (AvgIpc) is 4.24. The van der Waals surface area contributed by atoms with E-state index in [1.54, 1.807) is 24.3 Å². The minimum absolute atomic E-state index is 0.00398. The number of aromatic carboxylic acids is 2. The molecule has 0 aliphatic carbocycles. The summed E-state index contributed by atoms with van der Waals surface area (Å²) in [5.41, 5.74) is 14.4. The lowest BCUT2D eigenvalue weighted by molar-refractivity contribution is -0.236. The molecule has 15 nitrogen and oxygen atoms in total. The summed E-state index contributed by atoms with van der Waals surface area (Å²) in [5.74, 6) is -6.05. The average molecular weight is 1110 g/mol. The fourth-order valence-corrected chi connectivity index (χ4v) is 12.0. The zero-order valence-corrected chi connectivity index (χ0v) is 46.4. The summed E-state index contributed by atoms with van der Waals surface area (Å²) in [7, 11) is 0. The monoisotopic (exact) mass is 1110 g/mol. The van der Waals surface area contributed by atoms with Gasteiger partial charge in [-0.25, -0.2) is 9.59 Å². The second-order valence-corrected chi connectivity index (χ2v) is 20.7. The van der Waals surface area contributed by atoms with E-state index in [1.165, 1.54) is 12.1 Å². The summed E-state index contributed by atoms with van der Waals surface area (Å²) in [6.07, 6.45) is 1.14. The lowest BCUT2D eigenvalue weighted by Gasteiger charge is -2.30. The highest BCUT2D eigenvalue weighted by atomic mass is 16.7. The maximum atomic E-state index is 14.2. The van der Waals surface area contributed by atoms with E-state index in [4.69, 9.17) is 29.8 Å². The first kappa shape index (κ1) is 58.9. The second kappa shape index (κ2) is 25.6. The number of nitrogens with one attached hydrogen (secondary N) is 1. The number of Topliss-reactive ketones (excluding diaryl/α,β-unsaturated/α-hetero) is 1. The van der Waals surface area contributed by atoms with Crippen LogP contribution in [0.3, 0.4) is 0 Å². The first-order valence-electron chi connectivity index (χ1n) is 28.0. The van der Waals surface area contributed by atoms with E-state index in [9.17, 15) is 39.6 Å². The van der Waals surface area contributed by atoms with E-state index < -0.39 is 29.6 Å². The van der Waals surface area contributed by atoms with E-state index in [2.05, 4.69) is 5.32 Å². The van der Waals surface area contributed by atoms with E-state index in [1.807, 2.05) is 155 Å². The fraction of sp³-hybridized carbons (Fsp3) is 0.313. The molecule has 82 heavy (non-hydrogen) atoms. The molecule has 7 aromatic carbocycles. The van der Waals surface area contributed by atoms with Crippen molar-refractivity contribution < 1.29 is 63.7 Å². The molecule has 4 heterocycles. The van der Waals surface area contributed by atoms with Crippen LogP contribution in [0.4, 0.5) is 0 Å². The Bertz CT molecular complexity index is 3210. The van der Waals surface area contributed by atoms with Gasteiger partial charge in [0, 0.05) is 45.7 Å². The van der Waals surface area contributed by atoms with Crippen LogP contribution >= 0.6 is 0 Å². The quantitative estimate of drug-likeness (QED) is 0.0420. The Morgan fingerprint density at radius 3 is 1.17 bits per heavy atom. The van der Waals surface area contributed by atoms with Crippen molar-refractivity contribution in [3.05, 3.63) is 247 Å². The summed E-state index contributed by atoms with van der Waals surface area (Å²) in [6.45, 7) is 7.49. The Balaban J connectivity index is 0.000000183. The predicted octanol–water partition coefficient (Wildman–Crippen LogP) is 11.6. The SMILES string of the molecule is CC[C@H]1OC2(O[C@H](CC)c3cccc(C(=O)O)c32)c2c(C(=O)O)cccc21.CC[C@H]1O[C@]2(O[C@H](CC)c3cccc(C(=O)N[C@@H](CO)c4ccccc4)c32)c2c(C(=O)C[C@@H](CO)c3ccccc3)cccc21.N[C@@H](CO)c1ccccc1. The van der Waals surface area contributed by atoms with Crippen molar-refractivity contribution in [2.24, 2.45) is 5.73 Å². The molecule has 0 saturated heterocycles. The third-order valence-corrected chi connectivity index (χ3v) is 15.9. The van der Waals surface area contributed by atoms with Gasteiger partial charge in [-0.1, -0.05) is 173 Å². The molecule has 0 bridgehead atoms. The van der Waals surface area contributed by atoms with Crippen molar-refractivity contribution in [3.8, 4) is 0 Å². The van der Waals surface area contributed by atoms with Crippen molar-refractivity contribution in [1.29, 1.82) is 0 Å². The van der Waals surface area contributed by atoms with Crippen molar-refractivity contribution in [1.82, 2.24) is 5.32 Å². The summed E-state index contributed by atoms with van der Waals surface area (Å²) in [5, 5.41) is 51.7. The molecule has 11 rings (SSSR count). The Labute approximate surface area is 477 Å². The lowest BCUT2D eigenvalue weighted by Crippen LogP contribution is -2.35. The number of carboxylic acid groups (broad SMARTS) is 2. The third kappa shape index (κ3) is 11.1. The molecule has 0 fully saturated rings. The van der Waals surface area contributed by atoms with Gasteiger partial charge in [0.1, 0.15) is 0 Å². The molecule has 0 saturated carbocycles. The predicted molar refractivity (Wildman–Crippen MR) is 307 cm³/mol. The number of benzene rings is 7. The second-order valence-electron chi connectivity index (χ2n) is 20.7. The molecular weight excluding hydrogens is 1040 g/mol. The van der Waals surface area contributed by atoms with Crippen LogP contribution in [0.5, 0.6) is 0 Å². The third-order valence-electron chi connectivity index (χ3n) is 15.9. The highest BCUT2D eigenvalue weighted by Gasteiger charge is 2.59. The summed E-state index contributed by atoms with van der Waals surface area (Å²) >= 11 is 0. The van der Waals surface area contributed by atoms with Crippen LogP contribution in [0.2, 0.25) is 0 Å². The standard InChI is InChI=1S/C38H39NO6.C21H20O6.C8H11NO/c1-3-33-28-18-11-17-27(32(42)21-26(22-40)24-13-7-5-8-14-24)35(28)38(44-33)36-29(34(4-2)45-38)19-12-20-30(36)37(43)39-31(23-41)25-15-9-6-10-16-25;1-3-15-11-7-5-9-13(19(22)23)17(11)21(26-15)18-12(16(4-2)27-21)8-6-10-14(18)20(24)25;9-8(6-10)7-4-2-1-3-5-7/h5-20,26,31,33-34,40-41H,3-4,21-23H2,1-2H3,(H,39,43);5-10,15-16H,3-4H2,1-2H3,(H,22,23)(H,24,25);1-5,8,10H,6,9H2/t26-,31-,33+,34+,38-;15-,16-,21?;8-/m010/s1. The van der Waals surface area contributed by atoms with Crippen molar-refractivity contribution in [2.45, 2.75) is 114 Å². The summed E-state index contributed by atoms with van der Waals surface area (Å²) in [4.78, 5) is 52.2. The summed E-state index contributed by atoms with van der Waals surface area (Å²) in [6, 6.07) is 48.8. The number of hydrogen-bond donors (Lipinski definition) is 7. The number of rotatable bonds is 17. The zero-order valence-electron chi connectivity index (χ0n) is 46.4. The van der Waals surface area contributed by atoms with Crippen molar-refractivity contribution >= 4 is 23.6 Å². The number of ether oxygens (including phenoxy) is 4. The van der Waals surface area contributed by atoms with Gasteiger partial charge in [-0.05, 0) is 82.8 Å². The van der Waals surface area contributed by atoms with E-state index in [-0.39, 0.29) is 85.4 Å².